The first-order valence-corrected chi connectivity index (χ1v) is 1.55. The summed E-state index contributed by atoms with van der Waals surface area (Å²) >= 11 is 0. The number of aliphatic hydroxyl groups excluding tert-OH is 1. The SMILES string of the molecule is CC(O)C(=O)O.[Zr+4]. The number of rotatable bonds is 1. The molecule has 0 saturated carbocycles. The Morgan fingerprint density at radius 3 is 1.86 bits per heavy atom. The van der Waals surface area contributed by atoms with E-state index >= 15 is 0 Å². The molecule has 0 radical (unpaired) electrons. The number of aliphatic carboxylic acids is 1. The standard InChI is InChI=1S/C3H6O3.Zr/c1-2(4)3(5)6;/h2,4H,1H3,(H,5,6);/q;+4. The van der Waals surface area contributed by atoms with Crippen LogP contribution in [-0.4, -0.2) is 22.3 Å². The zero-order valence-corrected chi connectivity index (χ0v) is 6.34. The molecule has 0 aromatic carbocycles. The van der Waals surface area contributed by atoms with E-state index in [1.165, 1.54) is 6.92 Å². The molecular weight excluding hydrogens is 175 g/mol. The van der Waals surface area contributed by atoms with Crippen LogP contribution < -0.4 is 0 Å². The number of carboxylic acids is 1. The smallest absolute Gasteiger partial charge is 0.479 e. The van der Waals surface area contributed by atoms with Crippen LogP contribution in [0, 0.1) is 0 Å². The Bertz CT molecular complexity index is 61.2. The summed E-state index contributed by atoms with van der Waals surface area (Å²) in [6, 6.07) is 0. The number of carboxylic acid groups (broad SMARTS) is 1. The maximum Gasteiger partial charge on any atom is 4.00 e. The topological polar surface area (TPSA) is 57.5 Å². The summed E-state index contributed by atoms with van der Waals surface area (Å²) in [6.07, 6.45) is -1.23. The third-order valence-corrected chi connectivity index (χ3v) is 0.357. The molecule has 7 heavy (non-hydrogen) atoms. The molecule has 36 valence electrons. The van der Waals surface area contributed by atoms with Gasteiger partial charge in [0.2, 0.25) is 0 Å². The van der Waals surface area contributed by atoms with Crippen molar-refractivity contribution in [2.45, 2.75) is 13.0 Å². The molecule has 0 fully saturated rings. The van der Waals surface area contributed by atoms with Gasteiger partial charge in [-0.25, -0.2) is 4.79 Å². The molecule has 0 amide bonds. The van der Waals surface area contributed by atoms with Crippen molar-refractivity contribution >= 4 is 5.97 Å². The molecule has 0 aromatic rings. The second-order valence-electron chi connectivity index (χ2n) is 1.01. The fourth-order valence-corrected chi connectivity index (χ4v) is 0. The minimum Gasteiger partial charge on any atom is -0.479 e. The molecular formula is C3H6O3Zr+4. The van der Waals surface area contributed by atoms with Gasteiger partial charge in [-0.3, -0.25) is 0 Å². The van der Waals surface area contributed by atoms with Gasteiger partial charge >= 0.3 is 32.2 Å². The summed E-state index contributed by atoms with van der Waals surface area (Å²) in [5.74, 6) is -1.19. The van der Waals surface area contributed by atoms with Crippen molar-refractivity contribution in [1.29, 1.82) is 0 Å². The van der Waals surface area contributed by atoms with E-state index in [9.17, 15) is 4.79 Å². The normalized spacial score (nSPS) is 11.7. The van der Waals surface area contributed by atoms with Crippen LogP contribution >= 0.6 is 0 Å². The van der Waals surface area contributed by atoms with Gasteiger partial charge in [0.1, 0.15) is 6.10 Å². The van der Waals surface area contributed by atoms with Gasteiger partial charge < -0.3 is 10.2 Å². The number of hydrogen-bond acceptors (Lipinski definition) is 2. The van der Waals surface area contributed by atoms with Crippen LogP contribution in [0.2, 0.25) is 0 Å². The van der Waals surface area contributed by atoms with E-state index in [0.29, 0.717) is 0 Å². The molecule has 0 saturated heterocycles. The first-order chi connectivity index (χ1) is 2.64. The van der Waals surface area contributed by atoms with Crippen molar-refractivity contribution in [3.8, 4) is 0 Å². The Hall–Kier alpha value is 0.313. The Kier molecular flexibility index (Phi) is 6.60. The van der Waals surface area contributed by atoms with Crippen molar-refractivity contribution in [1.82, 2.24) is 0 Å². The van der Waals surface area contributed by atoms with Crippen LogP contribution in [0.3, 0.4) is 0 Å². The van der Waals surface area contributed by atoms with Crippen molar-refractivity contribution < 1.29 is 41.2 Å². The van der Waals surface area contributed by atoms with Gasteiger partial charge in [0.15, 0.2) is 0 Å². The zero-order valence-electron chi connectivity index (χ0n) is 3.88. The summed E-state index contributed by atoms with van der Waals surface area (Å²) in [5.41, 5.74) is 0. The monoisotopic (exact) mass is 180 g/mol. The van der Waals surface area contributed by atoms with Crippen molar-refractivity contribution in [2.75, 3.05) is 0 Å². The molecule has 4 heteroatoms. The van der Waals surface area contributed by atoms with Gasteiger partial charge in [-0.15, -0.1) is 0 Å². The average Bonchev–Trinajstić information content (AvgIpc) is 1.36. The first-order valence-electron chi connectivity index (χ1n) is 1.55. The molecule has 2 N–H and O–H groups in total. The van der Waals surface area contributed by atoms with Gasteiger partial charge in [0, 0.05) is 0 Å². The largest absolute Gasteiger partial charge is 4.00 e. The molecule has 0 bridgehead atoms. The molecule has 0 aliphatic carbocycles. The van der Waals surface area contributed by atoms with Gasteiger partial charge in [0.25, 0.3) is 0 Å². The Morgan fingerprint density at radius 2 is 1.86 bits per heavy atom. The summed E-state index contributed by atoms with van der Waals surface area (Å²) < 4.78 is 0. The van der Waals surface area contributed by atoms with Crippen LogP contribution in [0.1, 0.15) is 6.92 Å². The zero-order chi connectivity index (χ0) is 5.15. The molecule has 0 heterocycles. The minimum absolute atomic E-state index is 0. The third kappa shape index (κ3) is 6.31. The third-order valence-electron chi connectivity index (χ3n) is 0.357. The number of carbonyl (C=O) groups is 1. The van der Waals surface area contributed by atoms with Crippen molar-refractivity contribution in [3.63, 3.8) is 0 Å². The summed E-state index contributed by atoms with van der Waals surface area (Å²) in [4.78, 5) is 9.45. The van der Waals surface area contributed by atoms with Crippen LogP contribution in [0.25, 0.3) is 0 Å². The van der Waals surface area contributed by atoms with E-state index in [4.69, 9.17) is 10.2 Å². The molecule has 0 rings (SSSR count). The Morgan fingerprint density at radius 1 is 1.71 bits per heavy atom. The van der Waals surface area contributed by atoms with Gasteiger partial charge in [0.05, 0.1) is 0 Å². The molecule has 0 aliphatic rings. The van der Waals surface area contributed by atoms with Crippen LogP contribution in [0.4, 0.5) is 0 Å². The predicted molar refractivity (Wildman–Crippen MR) is 19.3 cm³/mol. The van der Waals surface area contributed by atoms with Crippen molar-refractivity contribution in [2.24, 2.45) is 0 Å². The summed E-state index contributed by atoms with van der Waals surface area (Å²) in [7, 11) is 0. The van der Waals surface area contributed by atoms with E-state index < -0.39 is 12.1 Å². The minimum atomic E-state index is -1.23. The number of aliphatic hydroxyl groups is 1. The van der Waals surface area contributed by atoms with E-state index in [-0.39, 0.29) is 26.2 Å². The Balaban J connectivity index is 0. The second kappa shape index (κ2) is 4.47. The average molecular weight is 181 g/mol. The molecule has 0 spiro atoms. The van der Waals surface area contributed by atoms with Gasteiger partial charge in [-0.1, -0.05) is 0 Å². The Labute approximate surface area is 60.5 Å². The molecule has 0 aliphatic heterocycles. The fraction of sp³-hybridized carbons (Fsp3) is 0.667. The van der Waals surface area contributed by atoms with E-state index in [1.54, 1.807) is 0 Å². The maximum atomic E-state index is 9.45. The van der Waals surface area contributed by atoms with E-state index in [0.717, 1.165) is 0 Å². The van der Waals surface area contributed by atoms with Gasteiger partial charge in [-0.2, -0.15) is 0 Å². The second-order valence-corrected chi connectivity index (χ2v) is 1.01. The molecule has 3 nitrogen and oxygen atoms in total. The fourth-order valence-electron chi connectivity index (χ4n) is 0. The van der Waals surface area contributed by atoms with Crippen LogP contribution in [-0.2, 0) is 31.0 Å². The molecule has 1 atom stereocenters. The maximum absolute atomic E-state index is 9.45. The van der Waals surface area contributed by atoms with E-state index in [2.05, 4.69) is 0 Å². The summed E-state index contributed by atoms with van der Waals surface area (Å²) in [6.45, 7) is 1.20. The first kappa shape index (κ1) is 10.3. The van der Waals surface area contributed by atoms with Crippen LogP contribution in [0.5, 0.6) is 0 Å². The quantitative estimate of drug-likeness (QED) is 0.570. The van der Waals surface area contributed by atoms with Crippen LogP contribution in [0.15, 0.2) is 0 Å². The van der Waals surface area contributed by atoms with E-state index in [1.807, 2.05) is 0 Å². The van der Waals surface area contributed by atoms with Gasteiger partial charge in [-0.05, 0) is 6.92 Å². The van der Waals surface area contributed by atoms with Crippen molar-refractivity contribution in [3.05, 3.63) is 0 Å². The number of hydrogen-bond donors (Lipinski definition) is 2. The predicted octanol–water partition coefficient (Wildman–Crippen LogP) is -0.551. The summed E-state index contributed by atoms with van der Waals surface area (Å²) in [5, 5.41) is 15.8. The molecule has 1 unspecified atom stereocenters. The molecule has 0 aromatic heterocycles.